The van der Waals surface area contributed by atoms with Gasteiger partial charge in [-0.1, -0.05) is 54.1 Å². The molecule has 0 fully saturated rings. The van der Waals surface area contributed by atoms with Crippen LogP contribution in [0.2, 0.25) is 5.02 Å². The number of ketones is 1. The second kappa shape index (κ2) is 6.35. The van der Waals surface area contributed by atoms with Crippen LogP contribution in [0.4, 0.5) is 5.95 Å². The average Bonchev–Trinajstić information content (AvgIpc) is 3.11. The third-order valence-corrected chi connectivity index (χ3v) is 5.30. The predicted molar refractivity (Wildman–Crippen MR) is 105 cm³/mol. The van der Waals surface area contributed by atoms with E-state index >= 15 is 0 Å². The number of nitrogens with zero attached hydrogens (tertiary/aromatic N) is 3. The zero-order valence-electron chi connectivity index (χ0n) is 14.5. The molecule has 1 aromatic heterocycles. The Kier molecular flexibility index (Phi) is 3.83. The Morgan fingerprint density at radius 3 is 2.74 bits per heavy atom. The first-order valence-electron chi connectivity index (χ1n) is 9.01. The highest BCUT2D eigenvalue weighted by atomic mass is 35.5. The van der Waals surface area contributed by atoms with E-state index in [1.807, 2.05) is 59.3 Å². The fraction of sp³-hybridized carbons (Fsp3) is 0.190. The summed E-state index contributed by atoms with van der Waals surface area (Å²) in [5.74, 6) is 1.43. The molecule has 1 unspecified atom stereocenters. The van der Waals surface area contributed by atoms with E-state index in [2.05, 4.69) is 5.32 Å². The molecule has 0 spiro atoms. The third-order valence-electron chi connectivity index (χ3n) is 5.07. The lowest BCUT2D eigenvalue weighted by atomic mass is 9.85. The number of benzene rings is 2. The van der Waals surface area contributed by atoms with Crippen LogP contribution in [-0.4, -0.2) is 20.5 Å². The van der Waals surface area contributed by atoms with Gasteiger partial charge < -0.3 is 5.32 Å². The Morgan fingerprint density at radius 1 is 1.07 bits per heavy atom. The molecular weight excluding hydrogens is 360 g/mol. The molecule has 3 aromatic rings. The second-order valence-electron chi connectivity index (χ2n) is 6.82. The Balaban J connectivity index is 1.68. The largest absolute Gasteiger partial charge is 0.328 e. The standard InChI is InChI=1S/C21H17ClN4O/c22-15-9-4-8-14(12-15)20-24-21-23-16-10-5-11-17(27)18(16)19(26(21)25-20)13-6-2-1-3-7-13/h1-4,6-9,12,19H,5,10-11H2,(H,23,24,25). The minimum Gasteiger partial charge on any atom is -0.328 e. The fourth-order valence-corrected chi connectivity index (χ4v) is 4.04. The zero-order chi connectivity index (χ0) is 18.4. The summed E-state index contributed by atoms with van der Waals surface area (Å²) in [6.45, 7) is 0. The average molecular weight is 377 g/mol. The minimum absolute atomic E-state index is 0.183. The summed E-state index contributed by atoms with van der Waals surface area (Å²) in [5, 5.41) is 8.73. The van der Waals surface area contributed by atoms with Gasteiger partial charge in [-0.3, -0.25) is 4.79 Å². The molecule has 1 aliphatic heterocycles. The Bertz CT molecular complexity index is 1070. The molecule has 6 heteroatoms. The van der Waals surface area contributed by atoms with Gasteiger partial charge >= 0.3 is 0 Å². The van der Waals surface area contributed by atoms with Crippen molar-refractivity contribution in [1.29, 1.82) is 0 Å². The summed E-state index contributed by atoms with van der Waals surface area (Å²) in [5.41, 5.74) is 3.66. The summed E-state index contributed by atoms with van der Waals surface area (Å²) in [6, 6.07) is 17.2. The van der Waals surface area contributed by atoms with Gasteiger partial charge in [-0.25, -0.2) is 4.68 Å². The van der Waals surface area contributed by atoms with E-state index in [-0.39, 0.29) is 11.8 Å². The van der Waals surface area contributed by atoms with E-state index < -0.39 is 0 Å². The molecule has 5 nitrogen and oxygen atoms in total. The Labute approximate surface area is 161 Å². The van der Waals surface area contributed by atoms with Crippen molar-refractivity contribution in [3.05, 3.63) is 76.5 Å². The van der Waals surface area contributed by atoms with Crippen molar-refractivity contribution in [3.63, 3.8) is 0 Å². The Hall–Kier alpha value is -2.92. The molecule has 0 saturated carbocycles. The van der Waals surface area contributed by atoms with Crippen molar-refractivity contribution in [2.24, 2.45) is 0 Å². The Morgan fingerprint density at radius 2 is 1.93 bits per heavy atom. The molecule has 134 valence electrons. The van der Waals surface area contributed by atoms with E-state index in [0.29, 0.717) is 23.2 Å². The number of halogens is 1. The highest BCUT2D eigenvalue weighted by molar-refractivity contribution is 6.30. The van der Waals surface area contributed by atoms with E-state index in [9.17, 15) is 4.79 Å². The maximum Gasteiger partial charge on any atom is 0.226 e. The second-order valence-corrected chi connectivity index (χ2v) is 7.26. The van der Waals surface area contributed by atoms with Crippen molar-refractivity contribution >= 4 is 23.3 Å². The van der Waals surface area contributed by atoms with E-state index in [0.717, 1.165) is 35.2 Å². The number of hydrogen-bond donors (Lipinski definition) is 1. The van der Waals surface area contributed by atoms with Crippen molar-refractivity contribution in [2.75, 3.05) is 5.32 Å². The zero-order valence-corrected chi connectivity index (χ0v) is 15.3. The number of hydrogen-bond acceptors (Lipinski definition) is 4. The van der Waals surface area contributed by atoms with Crippen LogP contribution >= 0.6 is 11.6 Å². The molecule has 2 heterocycles. The van der Waals surface area contributed by atoms with Gasteiger partial charge in [-0.2, -0.15) is 4.98 Å². The first kappa shape index (κ1) is 16.3. The van der Waals surface area contributed by atoms with Gasteiger partial charge in [0.25, 0.3) is 0 Å². The number of fused-ring (bicyclic) bond motifs is 1. The summed E-state index contributed by atoms with van der Waals surface area (Å²) >= 11 is 6.13. The summed E-state index contributed by atoms with van der Waals surface area (Å²) in [6.07, 6.45) is 2.29. The molecule has 2 aromatic carbocycles. The van der Waals surface area contributed by atoms with Gasteiger partial charge in [0.15, 0.2) is 11.6 Å². The number of anilines is 1. The predicted octanol–water partition coefficient (Wildman–Crippen LogP) is 4.62. The molecule has 1 aliphatic carbocycles. The number of Topliss-reactive ketones (excluding diaryl/α,β-unsaturated/α-hetero) is 1. The van der Waals surface area contributed by atoms with Gasteiger partial charge in [0.2, 0.25) is 5.95 Å². The topological polar surface area (TPSA) is 59.8 Å². The number of aromatic nitrogens is 3. The van der Waals surface area contributed by atoms with Crippen molar-refractivity contribution in [2.45, 2.75) is 25.3 Å². The van der Waals surface area contributed by atoms with E-state index in [4.69, 9.17) is 21.7 Å². The molecule has 0 saturated heterocycles. The van der Waals surface area contributed by atoms with Crippen LogP contribution < -0.4 is 5.32 Å². The lowest BCUT2D eigenvalue weighted by Gasteiger charge is -2.32. The van der Waals surface area contributed by atoms with Gasteiger partial charge in [0, 0.05) is 28.3 Å². The molecule has 1 N–H and O–H groups in total. The molecule has 1 atom stereocenters. The maximum absolute atomic E-state index is 12.8. The first-order valence-corrected chi connectivity index (χ1v) is 9.39. The quantitative estimate of drug-likeness (QED) is 0.708. The van der Waals surface area contributed by atoms with Crippen molar-refractivity contribution in [3.8, 4) is 11.4 Å². The number of nitrogens with one attached hydrogen (secondary N) is 1. The van der Waals surface area contributed by atoms with Crippen molar-refractivity contribution < 1.29 is 4.79 Å². The minimum atomic E-state index is -0.259. The SMILES string of the molecule is O=C1CCCC2=C1C(c1ccccc1)n1nc(-c3cccc(Cl)c3)nc1N2. The van der Waals surface area contributed by atoms with Crippen molar-refractivity contribution in [1.82, 2.24) is 14.8 Å². The summed E-state index contributed by atoms with van der Waals surface area (Å²) < 4.78 is 1.83. The lowest BCUT2D eigenvalue weighted by Crippen LogP contribution is -2.31. The van der Waals surface area contributed by atoms with Gasteiger partial charge in [-0.05, 0) is 30.5 Å². The highest BCUT2D eigenvalue weighted by Crippen LogP contribution is 2.40. The molecule has 0 bridgehead atoms. The molecule has 2 aliphatic rings. The number of allylic oxidation sites excluding steroid dienone is 2. The van der Waals surface area contributed by atoms with Crippen LogP contribution in [0.25, 0.3) is 11.4 Å². The van der Waals surface area contributed by atoms with Crippen LogP contribution in [0.5, 0.6) is 0 Å². The van der Waals surface area contributed by atoms with Crippen LogP contribution in [0.15, 0.2) is 65.9 Å². The van der Waals surface area contributed by atoms with E-state index in [1.165, 1.54) is 0 Å². The van der Waals surface area contributed by atoms with E-state index in [1.54, 1.807) is 0 Å². The van der Waals surface area contributed by atoms with Gasteiger partial charge in [0.05, 0.1) is 0 Å². The maximum atomic E-state index is 12.8. The third kappa shape index (κ3) is 2.75. The molecule has 0 radical (unpaired) electrons. The first-order chi connectivity index (χ1) is 13.2. The highest BCUT2D eigenvalue weighted by Gasteiger charge is 2.36. The van der Waals surface area contributed by atoms with Gasteiger partial charge in [-0.15, -0.1) is 5.10 Å². The lowest BCUT2D eigenvalue weighted by molar-refractivity contribution is -0.116. The van der Waals surface area contributed by atoms with Crippen LogP contribution in [0, 0.1) is 0 Å². The normalized spacial score (nSPS) is 18.7. The fourth-order valence-electron chi connectivity index (χ4n) is 3.85. The number of carbonyl (C=O) groups excluding carboxylic acids is 1. The number of rotatable bonds is 2. The summed E-state index contributed by atoms with van der Waals surface area (Å²) in [4.78, 5) is 17.5. The molecule has 5 rings (SSSR count). The van der Waals surface area contributed by atoms with Crippen LogP contribution in [0.1, 0.15) is 30.9 Å². The molecule has 0 amide bonds. The van der Waals surface area contributed by atoms with Gasteiger partial charge in [0.1, 0.15) is 6.04 Å². The molecule has 27 heavy (non-hydrogen) atoms. The summed E-state index contributed by atoms with van der Waals surface area (Å²) in [7, 11) is 0. The number of carbonyl (C=O) groups is 1. The van der Waals surface area contributed by atoms with Crippen LogP contribution in [-0.2, 0) is 4.79 Å². The smallest absolute Gasteiger partial charge is 0.226 e. The van der Waals surface area contributed by atoms with Crippen LogP contribution in [0.3, 0.4) is 0 Å². The monoisotopic (exact) mass is 376 g/mol. The molecular formula is C21H17ClN4O.